The van der Waals surface area contributed by atoms with E-state index in [4.69, 9.17) is 10.1 Å². The molecule has 0 heterocycles. The molecule has 0 aliphatic heterocycles. The summed E-state index contributed by atoms with van der Waals surface area (Å²) in [4.78, 5) is 13.4. The maximum absolute atomic E-state index is 13.4. The topological polar surface area (TPSA) is 62.2 Å². The minimum atomic E-state index is -0.720. The molecular formula is C24H22N2O2S. The van der Waals surface area contributed by atoms with E-state index in [-0.39, 0.29) is 11.5 Å². The van der Waals surface area contributed by atoms with Gasteiger partial charge in [-0.05, 0) is 28.7 Å². The van der Waals surface area contributed by atoms with Crippen LogP contribution in [0.5, 0.6) is 5.75 Å². The Bertz CT molecular complexity index is 1020. The van der Waals surface area contributed by atoms with Crippen LogP contribution in [0.1, 0.15) is 17.2 Å². The van der Waals surface area contributed by atoms with Crippen molar-refractivity contribution < 1.29 is 9.53 Å². The Morgan fingerprint density at radius 2 is 1.66 bits per heavy atom. The summed E-state index contributed by atoms with van der Waals surface area (Å²) < 4.78 is 5.28. The van der Waals surface area contributed by atoms with Gasteiger partial charge in [-0.1, -0.05) is 66.7 Å². The Hall–Kier alpha value is -3.31. The first-order chi connectivity index (χ1) is 14.1. The van der Waals surface area contributed by atoms with Crippen molar-refractivity contribution in [2.45, 2.75) is 6.04 Å². The monoisotopic (exact) mass is 402 g/mol. The number of benzene rings is 3. The molecule has 0 amide bonds. The zero-order chi connectivity index (χ0) is 20.6. The van der Waals surface area contributed by atoms with E-state index < -0.39 is 6.04 Å². The van der Waals surface area contributed by atoms with Gasteiger partial charge in [0.2, 0.25) is 5.78 Å². The summed E-state index contributed by atoms with van der Waals surface area (Å²) in [6.45, 7) is 0. The van der Waals surface area contributed by atoms with Crippen molar-refractivity contribution in [1.82, 2.24) is 0 Å². The molecule has 0 aromatic heterocycles. The highest BCUT2D eigenvalue weighted by atomic mass is 32.1. The number of methoxy groups -OCH3 is 1. The summed E-state index contributed by atoms with van der Waals surface area (Å²) in [6, 6.07) is 25.4. The van der Waals surface area contributed by atoms with Crippen molar-refractivity contribution >= 4 is 35.4 Å². The van der Waals surface area contributed by atoms with E-state index in [9.17, 15) is 4.79 Å². The third kappa shape index (κ3) is 4.95. The molecule has 3 aromatic carbocycles. The number of thiol groups is 1. The Morgan fingerprint density at radius 1 is 1.00 bits per heavy atom. The number of ketones is 1. The SMILES string of the molecule is COc1cccc(NC(C(=O)C(=N)/C(=C\S)c2ccccc2)c2ccccc2)c1. The van der Waals surface area contributed by atoms with Gasteiger partial charge < -0.3 is 10.1 Å². The van der Waals surface area contributed by atoms with Gasteiger partial charge in [-0.2, -0.15) is 12.6 Å². The molecule has 0 aliphatic rings. The summed E-state index contributed by atoms with van der Waals surface area (Å²) >= 11 is 4.25. The van der Waals surface area contributed by atoms with Gasteiger partial charge in [-0.15, -0.1) is 0 Å². The largest absolute Gasteiger partial charge is 0.497 e. The summed E-state index contributed by atoms with van der Waals surface area (Å²) in [7, 11) is 1.60. The molecule has 4 nitrogen and oxygen atoms in total. The van der Waals surface area contributed by atoms with Gasteiger partial charge in [0.25, 0.3) is 0 Å². The highest BCUT2D eigenvalue weighted by Gasteiger charge is 2.26. The van der Waals surface area contributed by atoms with Crippen LogP contribution in [0.3, 0.4) is 0 Å². The normalized spacial score (nSPS) is 12.1. The average Bonchev–Trinajstić information content (AvgIpc) is 2.79. The molecular weight excluding hydrogens is 380 g/mol. The van der Waals surface area contributed by atoms with E-state index in [1.165, 1.54) is 5.41 Å². The van der Waals surface area contributed by atoms with Crippen LogP contribution in [0.4, 0.5) is 5.69 Å². The number of hydrogen-bond acceptors (Lipinski definition) is 5. The third-order valence-corrected chi connectivity index (χ3v) is 4.76. The number of carbonyl (C=O) groups is 1. The predicted molar refractivity (Wildman–Crippen MR) is 122 cm³/mol. The van der Waals surface area contributed by atoms with Crippen LogP contribution in [-0.4, -0.2) is 18.6 Å². The van der Waals surface area contributed by atoms with Gasteiger partial charge in [-0.3, -0.25) is 10.2 Å². The average molecular weight is 403 g/mol. The Balaban J connectivity index is 1.95. The first-order valence-electron chi connectivity index (χ1n) is 9.12. The third-order valence-electron chi connectivity index (χ3n) is 4.51. The number of ether oxygens (including phenoxy) is 1. The number of nitrogens with one attached hydrogen (secondary N) is 2. The van der Waals surface area contributed by atoms with Crippen LogP contribution < -0.4 is 10.1 Å². The quantitative estimate of drug-likeness (QED) is 0.349. The molecule has 146 valence electrons. The zero-order valence-corrected chi connectivity index (χ0v) is 16.9. The van der Waals surface area contributed by atoms with Gasteiger partial charge in [0.05, 0.1) is 7.11 Å². The lowest BCUT2D eigenvalue weighted by Crippen LogP contribution is -2.28. The smallest absolute Gasteiger partial charge is 0.207 e. The highest BCUT2D eigenvalue weighted by Crippen LogP contribution is 2.27. The number of anilines is 1. The minimum Gasteiger partial charge on any atom is -0.497 e. The Morgan fingerprint density at radius 3 is 2.28 bits per heavy atom. The number of hydrogen-bond donors (Lipinski definition) is 3. The summed E-state index contributed by atoms with van der Waals surface area (Å²) in [5.41, 5.74) is 2.66. The molecule has 1 unspecified atom stereocenters. The van der Waals surface area contributed by atoms with Crippen molar-refractivity contribution in [2.75, 3.05) is 12.4 Å². The predicted octanol–water partition coefficient (Wildman–Crippen LogP) is 5.41. The van der Waals surface area contributed by atoms with Gasteiger partial charge in [-0.25, -0.2) is 0 Å². The lowest BCUT2D eigenvalue weighted by Gasteiger charge is -2.21. The second-order valence-corrected chi connectivity index (χ2v) is 6.63. The van der Waals surface area contributed by atoms with Crippen LogP contribution >= 0.6 is 12.6 Å². The van der Waals surface area contributed by atoms with Crippen LogP contribution in [-0.2, 0) is 4.79 Å². The molecule has 3 rings (SSSR count). The molecule has 0 radical (unpaired) electrons. The van der Waals surface area contributed by atoms with E-state index in [1.54, 1.807) is 7.11 Å². The van der Waals surface area contributed by atoms with Gasteiger partial charge in [0.1, 0.15) is 17.5 Å². The zero-order valence-electron chi connectivity index (χ0n) is 16.0. The first kappa shape index (κ1) is 20.4. The second kappa shape index (κ2) is 9.75. The molecule has 0 saturated carbocycles. The lowest BCUT2D eigenvalue weighted by atomic mass is 9.93. The van der Waals surface area contributed by atoms with Gasteiger partial charge >= 0.3 is 0 Å². The highest BCUT2D eigenvalue weighted by molar-refractivity contribution is 7.83. The summed E-state index contributed by atoms with van der Waals surface area (Å²) in [5.74, 6) is 0.340. The fourth-order valence-corrected chi connectivity index (χ4v) is 3.28. The Labute approximate surface area is 176 Å². The minimum absolute atomic E-state index is 0.101. The maximum atomic E-state index is 13.4. The number of rotatable bonds is 8. The standard InChI is InChI=1S/C24H22N2O2S/c1-28-20-14-8-13-19(15-20)26-23(18-11-6-3-7-12-18)24(27)22(25)21(16-29)17-9-4-2-5-10-17/h2-16,23,25-26,29H,1H3/b21-16-,25-22?. The molecule has 2 N–H and O–H groups in total. The van der Waals surface area contributed by atoms with Crippen molar-refractivity contribution in [3.8, 4) is 5.75 Å². The molecule has 0 saturated heterocycles. The summed E-state index contributed by atoms with van der Waals surface area (Å²) in [5, 5.41) is 13.3. The summed E-state index contributed by atoms with van der Waals surface area (Å²) in [6.07, 6.45) is 0. The van der Waals surface area contributed by atoms with Crippen molar-refractivity contribution in [3.63, 3.8) is 0 Å². The van der Waals surface area contributed by atoms with E-state index >= 15 is 0 Å². The maximum Gasteiger partial charge on any atom is 0.207 e. The molecule has 0 fully saturated rings. The van der Waals surface area contributed by atoms with E-state index in [1.807, 2.05) is 84.9 Å². The van der Waals surface area contributed by atoms with Crippen LogP contribution in [0, 0.1) is 5.41 Å². The molecule has 29 heavy (non-hydrogen) atoms. The van der Waals surface area contributed by atoms with Crippen molar-refractivity contribution in [3.05, 3.63) is 101 Å². The first-order valence-corrected chi connectivity index (χ1v) is 9.64. The van der Waals surface area contributed by atoms with E-state index in [0.717, 1.165) is 16.8 Å². The van der Waals surface area contributed by atoms with Gasteiger partial charge in [0, 0.05) is 17.3 Å². The van der Waals surface area contributed by atoms with Gasteiger partial charge in [0.15, 0.2) is 0 Å². The lowest BCUT2D eigenvalue weighted by molar-refractivity contribution is -0.113. The van der Waals surface area contributed by atoms with E-state index in [2.05, 4.69) is 17.9 Å². The number of carbonyl (C=O) groups excluding carboxylic acids is 1. The number of allylic oxidation sites excluding steroid dienone is 1. The van der Waals surface area contributed by atoms with Crippen LogP contribution in [0.25, 0.3) is 5.57 Å². The molecule has 0 aliphatic carbocycles. The molecule has 0 bridgehead atoms. The fraction of sp³-hybridized carbons (Fsp3) is 0.0833. The molecule has 0 spiro atoms. The van der Waals surface area contributed by atoms with E-state index in [0.29, 0.717) is 11.3 Å². The van der Waals surface area contributed by atoms with Crippen LogP contribution in [0.15, 0.2) is 90.3 Å². The fourth-order valence-electron chi connectivity index (χ4n) is 3.00. The molecule has 5 heteroatoms. The van der Waals surface area contributed by atoms with Crippen LogP contribution in [0.2, 0.25) is 0 Å². The van der Waals surface area contributed by atoms with Crippen molar-refractivity contribution in [1.29, 1.82) is 5.41 Å². The number of Topliss-reactive ketones (excluding diaryl/α,β-unsaturated/α-hetero) is 1. The molecule has 3 aromatic rings. The second-order valence-electron chi connectivity index (χ2n) is 6.37. The van der Waals surface area contributed by atoms with Crippen molar-refractivity contribution in [2.24, 2.45) is 0 Å². The molecule has 1 atom stereocenters. The Kier molecular flexibility index (Phi) is 6.87.